The summed E-state index contributed by atoms with van der Waals surface area (Å²) in [6.07, 6.45) is 0. The molecule has 0 saturated heterocycles. The molecule has 1 amide bonds. The molecule has 0 aliphatic carbocycles. The number of ether oxygens (including phenoxy) is 1. The molecule has 1 N–H and O–H groups in total. The van der Waals surface area contributed by atoms with Gasteiger partial charge in [-0.25, -0.2) is 4.39 Å². The molecule has 6 heteroatoms. The van der Waals surface area contributed by atoms with Crippen LogP contribution in [0.5, 0.6) is 5.75 Å². The Labute approximate surface area is 132 Å². The monoisotopic (exact) mass is 401 g/mol. The highest BCUT2D eigenvalue weighted by Crippen LogP contribution is 2.26. The van der Waals surface area contributed by atoms with E-state index in [1.807, 2.05) is 0 Å². The highest BCUT2D eigenvalue weighted by Gasteiger charge is 2.13. The summed E-state index contributed by atoms with van der Waals surface area (Å²) in [4.78, 5) is 12.2. The van der Waals surface area contributed by atoms with Crippen molar-refractivity contribution in [2.24, 2.45) is 0 Å². The van der Waals surface area contributed by atoms with Crippen molar-refractivity contribution in [3.63, 3.8) is 0 Å². The molecule has 104 valence electrons. The molecular formula is C14H10Br2FNO2. The molecule has 3 nitrogen and oxygen atoms in total. The number of hydrogen-bond donors (Lipinski definition) is 1. The molecule has 0 bridgehead atoms. The summed E-state index contributed by atoms with van der Waals surface area (Å²) in [7, 11) is 1.52. The number of carbonyl (C=O) groups is 1. The van der Waals surface area contributed by atoms with E-state index < -0.39 is 5.82 Å². The molecule has 0 unspecified atom stereocenters. The maximum absolute atomic E-state index is 13.2. The van der Waals surface area contributed by atoms with Gasteiger partial charge in [-0.3, -0.25) is 4.79 Å². The van der Waals surface area contributed by atoms with E-state index in [0.717, 1.165) is 0 Å². The van der Waals surface area contributed by atoms with Crippen molar-refractivity contribution in [2.75, 3.05) is 12.4 Å². The van der Waals surface area contributed by atoms with Crippen LogP contribution in [0.2, 0.25) is 0 Å². The highest BCUT2D eigenvalue weighted by atomic mass is 79.9. The van der Waals surface area contributed by atoms with Crippen LogP contribution in [0.15, 0.2) is 45.3 Å². The SMILES string of the molecule is COc1ccc(Br)c(C(=O)Nc2cc(F)ccc2Br)c1. The average Bonchev–Trinajstić information content (AvgIpc) is 2.43. The Morgan fingerprint density at radius 2 is 1.85 bits per heavy atom. The van der Waals surface area contributed by atoms with Gasteiger partial charge in [0.05, 0.1) is 18.4 Å². The van der Waals surface area contributed by atoms with E-state index >= 15 is 0 Å². The van der Waals surface area contributed by atoms with Crippen LogP contribution < -0.4 is 10.1 Å². The van der Waals surface area contributed by atoms with Crippen LogP contribution in [0.1, 0.15) is 10.4 Å². The van der Waals surface area contributed by atoms with Crippen molar-refractivity contribution < 1.29 is 13.9 Å². The zero-order valence-corrected chi connectivity index (χ0v) is 13.6. The van der Waals surface area contributed by atoms with E-state index in [1.165, 1.54) is 25.3 Å². The predicted octanol–water partition coefficient (Wildman–Crippen LogP) is 4.61. The third kappa shape index (κ3) is 3.37. The maximum atomic E-state index is 13.2. The molecule has 0 spiro atoms. The minimum atomic E-state index is -0.423. The fourth-order valence-electron chi connectivity index (χ4n) is 1.59. The molecule has 20 heavy (non-hydrogen) atoms. The van der Waals surface area contributed by atoms with Crippen LogP contribution in [-0.2, 0) is 0 Å². The van der Waals surface area contributed by atoms with Gasteiger partial charge in [-0.2, -0.15) is 0 Å². The highest BCUT2D eigenvalue weighted by molar-refractivity contribution is 9.11. The van der Waals surface area contributed by atoms with E-state index in [0.29, 0.717) is 25.9 Å². The third-order valence-electron chi connectivity index (χ3n) is 2.59. The van der Waals surface area contributed by atoms with E-state index in [1.54, 1.807) is 18.2 Å². The van der Waals surface area contributed by atoms with Gasteiger partial charge in [-0.05, 0) is 68.3 Å². The lowest BCUT2D eigenvalue weighted by Crippen LogP contribution is -2.13. The Morgan fingerprint density at radius 3 is 2.55 bits per heavy atom. The molecule has 0 heterocycles. The fraction of sp³-hybridized carbons (Fsp3) is 0.0714. The van der Waals surface area contributed by atoms with E-state index in [4.69, 9.17) is 4.74 Å². The quantitative estimate of drug-likeness (QED) is 0.813. The number of methoxy groups -OCH3 is 1. The molecule has 2 aromatic rings. The van der Waals surface area contributed by atoms with Crippen LogP contribution in [0.3, 0.4) is 0 Å². The zero-order chi connectivity index (χ0) is 14.7. The van der Waals surface area contributed by atoms with Crippen molar-refractivity contribution in [1.29, 1.82) is 0 Å². The van der Waals surface area contributed by atoms with Gasteiger partial charge in [0.15, 0.2) is 0 Å². The predicted molar refractivity (Wildman–Crippen MR) is 82.7 cm³/mol. The first-order valence-electron chi connectivity index (χ1n) is 5.61. The number of anilines is 1. The van der Waals surface area contributed by atoms with Gasteiger partial charge in [-0.15, -0.1) is 0 Å². The number of nitrogens with one attached hydrogen (secondary N) is 1. The van der Waals surface area contributed by atoms with Gasteiger partial charge in [0.1, 0.15) is 11.6 Å². The lowest BCUT2D eigenvalue weighted by Gasteiger charge is -2.10. The number of benzene rings is 2. The number of hydrogen-bond acceptors (Lipinski definition) is 2. The summed E-state index contributed by atoms with van der Waals surface area (Å²) in [5, 5.41) is 2.65. The minimum absolute atomic E-state index is 0.359. The smallest absolute Gasteiger partial charge is 0.256 e. The Kier molecular flexibility index (Phi) is 4.77. The maximum Gasteiger partial charge on any atom is 0.256 e. The van der Waals surface area contributed by atoms with Crippen LogP contribution in [0.4, 0.5) is 10.1 Å². The van der Waals surface area contributed by atoms with Crippen molar-refractivity contribution in [2.45, 2.75) is 0 Å². The lowest BCUT2D eigenvalue weighted by molar-refractivity contribution is 0.102. The van der Waals surface area contributed by atoms with Gasteiger partial charge >= 0.3 is 0 Å². The first kappa shape index (κ1) is 15.0. The lowest BCUT2D eigenvalue weighted by atomic mass is 10.2. The molecule has 0 aromatic heterocycles. The van der Waals surface area contributed by atoms with Gasteiger partial charge in [-0.1, -0.05) is 0 Å². The summed E-state index contributed by atoms with van der Waals surface area (Å²) in [5.41, 5.74) is 0.769. The van der Waals surface area contributed by atoms with Crippen LogP contribution in [0.25, 0.3) is 0 Å². The summed E-state index contributed by atoms with van der Waals surface area (Å²) in [6.45, 7) is 0. The van der Waals surface area contributed by atoms with Crippen molar-refractivity contribution in [1.82, 2.24) is 0 Å². The van der Waals surface area contributed by atoms with Crippen LogP contribution in [0, 0.1) is 5.82 Å². The van der Waals surface area contributed by atoms with Crippen molar-refractivity contribution in [3.05, 3.63) is 56.7 Å². The molecule has 0 atom stereocenters. The minimum Gasteiger partial charge on any atom is -0.497 e. The fourth-order valence-corrected chi connectivity index (χ4v) is 2.36. The third-order valence-corrected chi connectivity index (χ3v) is 3.98. The Bertz CT molecular complexity index is 662. The molecule has 0 aliphatic rings. The summed E-state index contributed by atoms with van der Waals surface area (Å²) < 4.78 is 19.5. The largest absolute Gasteiger partial charge is 0.497 e. The number of carbonyl (C=O) groups excluding carboxylic acids is 1. The zero-order valence-electron chi connectivity index (χ0n) is 10.4. The second-order valence-electron chi connectivity index (χ2n) is 3.92. The first-order chi connectivity index (χ1) is 9.51. The summed E-state index contributed by atoms with van der Waals surface area (Å²) in [6, 6.07) is 9.14. The van der Waals surface area contributed by atoms with Crippen molar-refractivity contribution >= 4 is 43.5 Å². The Hall–Kier alpha value is -1.40. The molecule has 0 saturated carbocycles. The molecule has 2 aromatic carbocycles. The van der Waals surface area contributed by atoms with Crippen molar-refractivity contribution in [3.8, 4) is 5.75 Å². The second-order valence-corrected chi connectivity index (χ2v) is 5.63. The molecule has 0 aliphatic heterocycles. The summed E-state index contributed by atoms with van der Waals surface area (Å²) in [5.74, 6) is -0.216. The van der Waals surface area contributed by atoms with E-state index in [9.17, 15) is 9.18 Å². The standard InChI is InChI=1S/C14H10Br2FNO2/c1-20-9-3-5-11(15)10(7-9)14(19)18-13-6-8(17)2-4-12(13)16/h2-7H,1H3,(H,18,19). The average molecular weight is 403 g/mol. The van der Waals surface area contributed by atoms with E-state index in [-0.39, 0.29) is 5.91 Å². The number of halogens is 3. The topological polar surface area (TPSA) is 38.3 Å². The second kappa shape index (κ2) is 6.37. The Balaban J connectivity index is 2.30. The number of rotatable bonds is 3. The molecule has 2 rings (SSSR count). The molecule has 0 radical (unpaired) electrons. The van der Waals surface area contributed by atoms with Crippen LogP contribution in [-0.4, -0.2) is 13.0 Å². The summed E-state index contributed by atoms with van der Waals surface area (Å²) >= 11 is 6.56. The number of amides is 1. The molecular weight excluding hydrogens is 393 g/mol. The van der Waals surface area contributed by atoms with Crippen LogP contribution >= 0.6 is 31.9 Å². The normalized spacial score (nSPS) is 10.2. The van der Waals surface area contributed by atoms with E-state index in [2.05, 4.69) is 37.2 Å². The first-order valence-corrected chi connectivity index (χ1v) is 7.20. The van der Waals surface area contributed by atoms with Gasteiger partial charge < -0.3 is 10.1 Å². The van der Waals surface area contributed by atoms with Gasteiger partial charge in [0.2, 0.25) is 0 Å². The van der Waals surface area contributed by atoms with Gasteiger partial charge in [0.25, 0.3) is 5.91 Å². The van der Waals surface area contributed by atoms with Gasteiger partial charge in [0, 0.05) is 8.95 Å². The Morgan fingerprint density at radius 1 is 1.15 bits per heavy atom. The molecule has 0 fully saturated rings.